The van der Waals surface area contributed by atoms with Crippen LogP contribution in [-0.2, 0) is 32.0 Å². The largest absolute Gasteiger partial charge is 0.508 e. The topological polar surface area (TPSA) is 170 Å². The van der Waals surface area contributed by atoms with Crippen LogP contribution in [0.1, 0.15) is 41.1 Å². The highest BCUT2D eigenvalue weighted by molar-refractivity contribution is 7.99. The number of carbonyl (C=O) groups is 2. The second kappa shape index (κ2) is 16.4. The fraction of sp³-hybridized carbons (Fsp3) is 0.250. The van der Waals surface area contributed by atoms with Crippen LogP contribution in [0.5, 0.6) is 5.75 Å². The van der Waals surface area contributed by atoms with Crippen molar-refractivity contribution >= 4 is 29.4 Å². The summed E-state index contributed by atoms with van der Waals surface area (Å²) in [6.07, 6.45) is -0.432. The standard InChI is InChI=1S/C36H36N6O7S/c1-47-33(45)31(19-23-5-3-2-4-6-23)38-35(46)37-27-13-11-26(12-14-27)34-48-30(20-32(49-34)25-9-7-24(21-43)8-10-25)22-50-36-39-40-41-42(36)28-15-17-29(44)18-16-28/h2-18,30-32,34,43-44H,19-22H2,1H3,(H2,37,38,46)/t30-,31+,32+,34+/m1/s1. The van der Waals surface area contributed by atoms with Gasteiger partial charge >= 0.3 is 12.0 Å². The maximum absolute atomic E-state index is 12.9. The van der Waals surface area contributed by atoms with E-state index in [1.807, 2.05) is 66.7 Å². The Morgan fingerprint density at radius 3 is 2.36 bits per heavy atom. The van der Waals surface area contributed by atoms with Crippen molar-refractivity contribution in [3.8, 4) is 11.4 Å². The normalized spacial score (nSPS) is 17.8. The number of nitrogens with zero attached hydrogens (tertiary/aromatic N) is 4. The van der Waals surface area contributed by atoms with Gasteiger partial charge in [-0.1, -0.05) is 78.5 Å². The Hall–Kier alpha value is -5.28. The molecule has 1 aliphatic heterocycles. The van der Waals surface area contributed by atoms with E-state index in [4.69, 9.17) is 14.2 Å². The number of thioether (sulfide) groups is 1. The van der Waals surface area contributed by atoms with Crippen LogP contribution in [0.4, 0.5) is 10.5 Å². The number of phenolic OH excluding ortho intramolecular Hbond substituents is 1. The summed E-state index contributed by atoms with van der Waals surface area (Å²) in [5.74, 6) is 0.123. The fourth-order valence-electron chi connectivity index (χ4n) is 5.45. The Morgan fingerprint density at radius 1 is 0.940 bits per heavy atom. The molecule has 0 aliphatic carbocycles. The minimum atomic E-state index is -0.866. The van der Waals surface area contributed by atoms with E-state index in [-0.39, 0.29) is 31.0 Å². The number of ether oxygens (including phenoxy) is 3. The molecule has 4 N–H and O–H groups in total. The molecule has 13 nitrogen and oxygen atoms in total. The third kappa shape index (κ3) is 8.84. The van der Waals surface area contributed by atoms with E-state index in [1.54, 1.807) is 41.1 Å². The highest BCUT2D eigenvalue weighted by Crippen LogP contribution is 2.39. The maximum Gasteiger partial charge on any atom is 0.328 e. The lowest BCUT2D eigenvalue weighted by Gasteiger charge is -2.36. The van der Waals surface area contributed by atoms with Crippen LogP contribution < -0.4 is 10.6 Å². The number of aromatic nitrogens is 4. The van der Waals surface area contributed by atoms with Crippen molar-refractivity contribution in [2.24, 2.45) is 0 Å². The van der Waals surface area contributed by atoms with Crippen molar-refractivity contribution in [3.63, 3.8) is 0 Å². The van der Waals surface area contributed by atoms with Crippen LogP contribution in [0.3, 0.4) is 0 Å². The van der Waals surface area contributed by atoms with Gasteiger partial charge in [-0.05, 0) is 63.5 Å². The summed E-state index contributed by atoms with van der Waals surface area (Å²) in [4.78, 5) is 25.3. The van der Waals surface area contributed by atoms with Gasteiger partial charge in [0.15, 0.2) is 6.29 Å². The van der Waals surface area contributed by atoms with Crippen molar-refractivity contribution in [2.75, 3.05) is 18.2 Å². The molecule has 0 spiro atoms. The number of anilines is 1. The van der Waals surface area contributed by atoms with E-state index >= 15 is 0 Å². The van der Waals surface area contributed by atoms with Gasteiger partial charge in [-0.3, -0.25) is 0 Å². The first-order chi connectivity index (χ1) is 24.4. The number of benzene rings is 4. The van der Waals surface area contributed by atoms with Gasteiger partial charge in [-0.25, -0.2) is 9.59 Å². The van der Waals surface area contributed by atoms with Crippen LogP contribution in [0.2, 0.25) is 0 Å². The number of tetrazole rings is 1. The first-order valence-electron chi connectivity index (χ1n) is 15.9. The Balaban J connectivity index is 1.14. The van der Waals surface area contributed by atoms with Gasteiger partial charge in [-0.15, -0.1) is 5.10 Å². The molecule has 1 fully saturated rings. The molecule has 0 bridgehead atoms. The summed E-state index contributed by atoms with van der Waals surface area (Å²) in [5.41, 5.74) is 4.60. The smallest absolute Gasteiger partial charge is 0.328 e. The summed E-state index contributed by atoms with van der Waals surface area (Å²) < 4.78 is 19.4. The minimum absolute atomic E-state index is 0.0542. The molecule has 4 aromatic carbocycles. The zero-order valence-electron chi connectivity index (χ0n) is 27.1. The monoisotopic (exact) mass is 696 g/mol. The van der Waals surface area contributed by atoms with Crippen LogP contribution in [-0.4, -0.2) is 67.4 Å². The van der Waals surface area contributed by atoms with E-state index in [1.165, 1.54) is 18.9 Å². The molecule has 6 rings (SSSR count). The van der Waals surface area contributed by atoms with Crippen molar-refractivity contribution in [2.45, 2.75) is 49.1 Å². The molecule has 50 heavy (non-hydrogen) atoms. The molecular weight excluding hydrogens is 660 g/mol. The second-order valence-electron chi connectivity index (χ2n) is 11.5. The van der Waals surface area contributed by atoms with Gasteiger partial charge in [0.2, 0.25) is 5.16 Å². The number of methoxy groups -OCH3 is 1. The summed E-state index contributed by atoms with van der Waals surface area (Å²) in [7, 11) is 1.28. The number of aliphatic hydroxyl groups is 1. The number of esters is 1. The van der Waals surface area contributed by atoms with Gasteiger partial charge < -0.3 is 35.1 Å². The first kappa shape index (κ1) is 34.6. The van der Waals surface area contributed by atoms with Crippen LogP contribution in [0, 0.1) is 0 Å². The number of rotatable bonds is 12. The van der Waals surface area contributed by atoms with Crippen LogP contribution in [0.15, 0.2) is 108 Å². The van der Waals surface area contributed by atoms with Gasteiger partial charge in [0.05, 0.1) is 31.6 Å². The lowest BCUT2D eigenvalue weighted by molar-refractivity contribution is -0.245. The summed E-state index contributed by atoms with van der Waals surface area (Å²) in [6, 6.07) is 29.3. The second-order valence-corrected chi connectivity index (χ2v) is 12.5. The lowest BCUT2D eigenvalue weighted by atomic mass is 10.0. The number of aromatic hydroxyl groups is 1. The maximum atomic E-state index is 12.9. The molecular formula is C36H36N6O7S. The Morgan fingerprint density at radius 2 is 1.66 bits per heavy atom. The SMILES string of the molecule is COC(=O)[C@H](Cc1ccccc1)NC(=O)Nc1ccc([C@H]2O[C@@H](CSc3nnnn3-c3ccc(O)cc3)C[C@@H](c3ccc(CO)cc3)O2)cc1. The lowest BCUT2D eigenvalue weighted by Crippen LogP contribution is -2.45. The fourth-order valence-corrected chi connectivity index (χ4v) is 6.36. The highest BCUT2D eigenvalue weighted by atomic mass is 32.2. The number of hydrogen-bond donors (Lipinski definition) is 4. The van der Waals surface area contributed by atoms with E-state index in [2.05, 4.69) is 26.2 Å². The zero-order valence-corrected chi connectivity index (χ0v) is 27.9. The van der Waals surface area contributed by atoms with Gasteiger partial charge in [0.25, 0.3) is 0 Å². The number of carbonyl (C=O) groups excluding carboxylic acids is 2. The Kier molecular flexibility index (Phi) is 11.4. The molecule has 0 radical (unpaired) electrons. The van der Waals surface area contributed by atoms with Crippen molar-refractivity contribution in [3.05, 3.63) is 125 Å². The molecule has 1 aromatic heterocycles. The molecule has 1 aliphatic rings. The summed E-state index contributed by atoms with van der Waals surface area (Å²) in [5, 5.41) is 37.4. The van der Waals surface area contributed by atoms with E-state index < -0.39 is 24.3 Å². The van der Waals surface area contributed by atoms with Crippen LogP contribution in [0.25, 0.3) is 5.69 Å². The molecule has 2 amide bonds. The van der Waals surface area contributed by atoms with Gasteiger partial charge in [-0.2, -0.15) is 4.68 Å². The quantitative estimate of drug-likeness (QED) is 0.101. The average Bonchev–Trinajstić information content (AvgIpc) is 3.63. The number of hydrogen-bond acceptors (Lipinski definition) is 11. The molecule has 258 valence electrons. The molecule has 0 saturated carbocycles. The summed E-state index contributed by atoms with van der Waals surface area (Å²) in [6.45, 7) is -0.0542. The predicted molar refractivity (Wildman–Crippen MR) is 185 cm³/mol. The zero-order chi connectivity index (χ0) is 34.9. The first-order valence-corrected chi connectivity index (χ1v) is 16.9. The summed E-state index contributed by atoms with van der Waals surface area (Å²) >= 11 is 1.44. The van der Waals surface area contributed by atoms with Gasteiger partial charge in [0, 0.05) is 29.8 Å². The van der Waals surface area contributed by atoms with E-state index in [0.717, 1.165) is 22.3 Å². The predicted octanol–water partition coefficient (Wildman–Crippen LogP) is 5.10. The molecule has 5 aromatic rings. The number of aliphatic hydroxyl groups excluding tert-OH is 1. The molecule has 14 heteroatoms. The Labute approximate surface area is 292 Å². The number of urea groups is 1. The molecule has 1 saturated heterocycles. The third-order valence-electron chi connectivity index (χ3n) is 8.06. The van der Waals surface area contributed by atoms with Crippen molar-refractivity contribution < 1.29 is 34.0 Å². The Bertz CT molecular complexity index is 1860. The molecule has 2 heterocycles. The van der Waals surface area contributed by atoms with Crippen LogP contribution >= 0.6 is 11.8 Å². The molecule has 4 atom stereocenters. The van der Waals surface area contributed by atoms with Crippen molar-refractivity contribution in [1.29, 1.82) is 0 Å². The number of amides is 2. The molecule has 0 unspecified atom stereocenters. The number of nitrogens with one attached hydrogen (secondary N) is 2. The average molecular weight is 697 g/mol. The number of phenols is 1. The highest BCUT2D eigenvalue weighted by Gasteiger charge is 2.33. The van der Waals surface area contributed by atoms with Gasteiger partial charge in [0.1, 0.15) is 11.8 Å². The van der Waals surface area contributed by atoms with E-state index in [0.29, 0.717) is 28.7 Å². The van der Waals surface area contributed by atoms with E-state index in [9.17, 15) is 19.8 Å². The third-order valence-corrected chi connectivity index (χ3v) is 9.11. The van der Waals surface area contributed by atoms with Crippen molar-refractivity contribution in [1.82, 2.24) is 25.5 Å². The minimum Gasteiger partial charge on any atom is -0.508 e.